The van der Waals surface area contributed by atoms with Gasteiger partial charge >= 0.3 is 72.4 Å². The molecule has 0 radical (unpaired) electrons. The molecule has 0 saturated heterocycles. The minimum atomic E-state index is -6.80. The zero-order valence-electron chi connectivity index (χ0n) is 38.9. The van der Waals surface area contributed by atoms with E-state index in [-0.39, 0.29) is 0 Å². The highest BCUT2D eigenvalue weighted by atomic mass is 19.4. The second-order valence-electron chi connectivity index (χ2n) is 16.4. The summed E-state index contributed by atoms with van der Waals surface area (Å²) in [6.07, 6.45) is -58.7. The predicted molar refractivity (Wildman–Crippen MR) is 186 cm³/mol. The first-order valence-electron chi connectivity index (χ1n) is 20.9. The summed E-state index contributed by atoms with van der Waals surface area (Å²) in [5, 5.41) is 0. The zero-order valence-corrected chi connectivity index (χ0v) is 38.9. The van der Waals surface area contributed by atoms with Crippen molar-refractivity contribution in [1.82, 2.24) is 0 Å². The van der Waals surface area contributed by atoms with Crippen LogP contribution in [0.2, 0.25) is 0 Å². The number of alkyl halides is 33. The summed E-state index contributed by atoms with van der Waals surface area (Å²) >= 11 is 0. The fraction of sp³-hybridized carbons (Fsp3) is 0.944. The van der Waals surface area contributed by atoms with Gasteiger partial charge in [0.15, 0.2) is 0 Å². The van der Waals surface area contributed by atoms with Gasteiger partial charge in [0.1, 0.15) is 45.7 Å². The van der Waals surface area contributed by atoms with Gasteiger partial charge in [0.05, 0.1) is 26.4 Å². The van der Waals surface area contributed by atoms with E-state index < -0.39 is 225 Å². The molecule has 0 N–H and O–H groups in total. The molecule has 0 aromatic rings. The molecule has 1 aliphatic carbocycles. The SMILES string of the molecule is O=C(OCCC(F)(F)COC(F)C(F)(F)OCCC(F)(F)COC1CCC1(F)OCC(F)(F)CCOC(F)(F)C(F)OCC(F)(F)CCOC(=O)C(F)(OCC(F)(F)C(F)(F)F)C(F)(F)F)C(F)(OCC(F)(F)C(F)(F)F)C(F)(F)F. The van der Waals surface area contributed by atoms with Crippen LogP contribution in [-0.4, -0.2) is 187 Å². The van der Waals surface area contributed by atoms with Crippen molar-refractivity contribution < 1.29 is 202 Å². The summed E-state index contributed by atoms with van der Waals surface area (Å²) in [6, 6.07) is 0. The molecule has 1 fully saturated rings. The van der Waals surface area contributed by atoms with Crippen LogP contribution in [0.3, 0.4) is 0 Å². The van der Waals surface area contributed by atoms with Crippen LogP contribution in [0.5, 0.6) is 0 Å². The van der Waals surface area contributed by atoms with Crippen LogP contribution in [-0.2, 0) is 57.0 Å². The molecule has 0 aliphatic heterocycles. The van der Waals surface area contributed by atoms with Gasteiger partial charge in [0.2, 0.25) is 5.85 Å². The monoisotopic (exact) mass is 1290 g/mol. The molecule has 6 unspecified atom stereocenters. The Morgan fingerprint density at radius 1 is 0.407 bits per heavy atom. The van der Waals surface area contributed by atoms with Crippen LogP contribution in [0.15, 0.2) is 0 Å². The maximum atomic E-state index is 15.0. The van der Waals surface area contributed by atoms with Crippen LogP contribution in [0.25, 0.3) is 0 Å². The molecule has 81 heavy (non-hydrogen) atoms. The van der Waals surface area contributed by atoms with E-state index in [4.69, 9.17) is 0 Å². The maximum Gasteiger partial charge on any atom is 0.460 e. The molecule has 1 aliphatic rings. The molecule has 0 heterocycles. The Hall–Kier alpha value is -3.69. The van der Waals surface area contributed by atoms with Gasteiger partial charge in [0.25, 0.3) is 36.4 Å². The number of esters is 2. The second kappa shape index (κ2) is 26.7. The lowest BCUT2D eigenvalue weighted by atomic mass is 9.88. The highest BCUT2D eigenvalue weighted by Gasteiger charge is 2.70. The summed E-state index contributed by atoms with van der Waals surface area (Å²) in [5.41, 5.74) is 0. The molecule has 1 saturated carbocycles. The lowest BCUT2D eigenvalue weighted by Crippen LogP contribution is -2.54. The molecule has 1 rings (SSSR count). The minimum absolute atomic E-state index is 0.632. The quantitative estimate of drug-likeness (QED) is 0.0438. The van der Waals surface area contributed by atoms with E-state index in [1.54, 1.807) is 0 Å². The van der Waals surface area contributed by atoms with Gasteiger partial charge in [-0.3, -0.25) is 0 Å². The maximum absolute atomic E-state index is 15.0. The van der Waals surface area contributed by atoms with E-state index in [0.29, 0.717) is 0 Å². The summed E-state index contributed by atoms with van der Waals surface area (Å²) in [4.78, 5) is 22.9. The van der Waals surface area contributed by atoms with Gasteiger partial charge in [-0.2, -0.15) is 96.6 Å². The fourth-order valence-corrected chi connectivity index (χ4v) is 4.82. The molecule has 482 valence electrons. The van der Waals surface area contributed by atoms with Gasteiger partial charge in [-0.25, -0.2) is 57.9 Å². The molecular weight excluding hydrogens is 1250 g/mol. The number of hydrogen-bond donors (Lipinski definition) is 0. The highest BCUT2D eigenvalue weighted by Crippen LogP contribution is 2.45. The summed E-state index contributed by atoms with van der Waals surface area (Å²) < 4.78 is 477. The van der Waals surface area contributed by atoms with Gasteiger partial charge < -0.3 is 47.4 Å². The number of rotatable bonds is 36. The summed E-state index contributed by atoms with van der Waals surface area (Å²) in [6.45, 7) is -24.6. The standard InChI is InChI=1S/C36H35F33O12/c37-18(75-12-22(39,40)3-7-72-20(70)29(52,35(64,65)66)80-15-27(48,49)33(58,59)60)31(54,55)77-9-5-24(43,44)11-74-17-1-2-26(17,47)79-14-25(45,46)6-10-78-32(56,57)19(38)76-13-23(41,42)4-8-73-21(71)30(53,36(67,68)69)81-16-28(50,51)34(61,62)63/h17-19H,1-16H2. The Labute approximate surface area is 427 Å². The molecule has 45 heteroatoms. The summed E-state index contributed by atoms with van der Waals surface area (Å²) in [7, 11) is 0. The smallest absolute Gasteiger partial charge is 0.460 e. The number of halogens is 33. The first-order valence-corrected chi connectivity index (χ1v) is 20.9. The highest BCUT2D eigenvalue weighted by molar-refractivity contribution is 5.79. The van der Waals surface area contributed by atoms with Crippen molar-refractivity contribution in [3.63, 3.8) is 0 Å². The van der Waals surface area contributed by atoms with Crippen molar-refractivity contribution in [3.05, 3.63) is 0 Å². The van der Waals surface area contributed by atoms with E-state index in [0.717, 1.165) is 0 Å². The average Bonchev–Trinajstić information content (AvgIpc) is 3.27. The van der Waals surface area contributed by atoms with Crippen LogP contribution >= 0.6 is 0 Å². The number of carbonyl (C=O) groups excluding carboxylic acids is 2. The number of hydrogen-bond acceptors (Lipinski definition) is 12. The lowest BCUT2D eigenvalue weighted by molar-refractivity contribution is -0.358. The zero-order chi connectivity index (χ0) is 63.8. The Bertz CT molecular complexity index is 1980. The third-order valence-corrected chi connectivity index (χ3v) is 9.57. The average molecular weight is 1290 g/mol. The van der Waals surface area contributed by atoms with Gasteiger partial charge in [-0.1, -0.05) is 0 Å². The van der Waals surface area contributed by atoms with Crippen molar-refractivity contribution in [2.75, 3.05) is 66.1 Å². The van der Waals surface area contributed by atoms with E-state index in [1.807, 2.05) is 0 Å². The summed E-state index contributed by atoms with van der Waals surface area (Å²) in [5.74, 6) is -53.7. The van der Waals surface area contributed by atoms with Gasteiger partial charge in [-0.05, 0) is 6.42 Å². The molecule has 0 bridgehead atoms. The van der Waals surface area contributed by atoms with E-state index in [1.165, 1.54) is 0 Å². The molecule has 0 spiro atoms. The molecular formula is C36H35F33O12. The normalized spacial score (nSPS) is 20.3. The molecule has 12 nitrogen and oxygen atoms in total. The number of carbonyl (C=O) groups is 2. The first kappa shape index (κ1) is 75.3. The van der Waals surface area contributed by atoms with Crippen LogP contribution in [0.1, 0.15) is 38.5 Å². The molecule has 0 aromatic carbocycles. The largest absolute Gasteiger partial charge is 0.461 e. The van der Waals surface area contributed by atoms with Crippen molar-refractivity contribution in [3.8, 4) is 0 Å². The van der Waals surface area contributed by atoms with Crippen molar-refractivity contribution in [2.45, 2.75) is 147 Å². The predicted octanol–water partition coefficient (Wildman–Crippen LogP) is 11.8. The van der Waals surface area contributed by atoms with Crippen molar-refractivity contribution in [1.29, 1.82) is 0 Å². The minimum Gasteiger partial charge on any atom is -0.461 e. The fourth-order valence-electron chi connectivity index (χ4n) is 4.82. The number of ether oxygens (including phenoxy) is 10. The Kier molecular flexibility index (Phi) is 24.8. The van der Waals surface area contributed by atoms with E-state index >= 15 is 4.39 Å². The van der Waals surface area contributed by atoms with Gasteiger partial charge in [0, 0.05) is 32.1 Å². The van der Waals surface area contributed by atoms with Crippen LogP contribution in [0.4, 0.5) is 145 Å². The van der Waals surface area contributed by atoms with E-state index in [2.05, 4.69) is 47.4 Å². The topological polar surface area (TPSA) is 126 Å². The Morgan fingerprint density at radius 3 is 1.01 bits per heavy atom. The third-order valence-electron chi connectivity index (χ3n) is 9.57. The molecule has 0 aromatic heterocycles. The van der Waals surface area contributed by atoms with Crippen LogP contribution < -0.4 is 0 Å². The van der Waals surface area contributed by atoms with Crippen molar-refractivity contribution in [2.24, 2.45) is 0 Å². The van der Waals surface area contributed by atoms with E-state index in [9.17, 15) is 150 Å². The second-order valence-corrected chi connectivity index (χ2v) is 16.4. The van der Waals surface area contributed by atoms with Crippen molar-refractivity contribution >= 4 is 11.9 Å². The third kappa shape index (κ3) is 22.3. The first-order chi connectivity index (χ1) is 35.9. The Balaban J connectivity index is 2.61. The molecule has 0 amide bonds. The van der Waals surface area contributed by atoms with Crippen LogP contribution in [0, 0.1) is 0 Å². The molecule has 6 atom stereocenters. The lowest BCUT2D eigenvalue weighted by Gasteiger charge is -2.43. The Morgan fingerprint density at radius 2 is 0.716 bits per heavy atom. The van der Waals surface area contributed by atoms with Gasteiger partial charge in [-0.15, -0.1) is 0 Å².